The smallest absolute Gasteiger partial charge is 0.408 e. The summed E-state index contributed by atoms with van der Waals surface area (Å²) in [5.41, 5.74) is 0.960. The van der Waals surface area contributed by atoms with Crippen LogP contribution in [0.2, 0.25) is 0 Å². The van der Waals surface area contributed by atoms with E-state index in [1.165, 1.54) is 6.08 Å². The molecular formula is C33H39ClN8O9. The van der Waals surface area contributed by atoms with Crippen LogP contribution in [0.5, 0.6) is 0 Å². The van der Waals surface area contributed by atoms with Crippen molar-refractivity contribution in [3.05, 3.63) is 88.7 Å². The fourth-order valence-corrected chi connectivity index (χ4v) is 4.79. The average molecular weight is 727 g/mol. The van der Waals surface area contributed by atoms with Crippen molar-refractivity contribution in [1.29, 1.82) is 0 Å². The van der Waals surface area contributed by atoms with E-state index in [0.29, 0.717) is 11.1 Å². The van der Waals surface area contributed by atoms with Crippen LogP contribution in [0.15, 0.2) is 71.8 Å². The normalized spacial score (nSPS) is 13.5. The Morgan fingerprint density at radius 2 is 1.55 bits per heavy atom. The number of tetrazole rings is 1. The molecule has 3 rings (SSSR count). The Hall–Kier alpha value is -5.84. The summed E-state index contributed by atoms with van der Waals surface area (Å²) in [6.45, 7) is 4.87. The summed E-state index contributed by atoms with van der Waals surface area (Å²) in [4.78, 5) is 77.3. The van der Waals surface area contributed by atoms with Crippen LogP contribution in [0.4, 0.5) is 4.79 Å². The van der Waals surface area contributed by atoms with Crippen molar-refractivity contribution in [2.24, 2.45) is 5.92 Å². The van der Waals surface area contributed by atoms with Gasteiger partial charge in [0.05, 0.1) is 19.1 Å². The number of nitrogens with zero attached hydrogens (tertiary/aromatic N) is 3. The number of halogens is 1. The van der Waals surface area contributed by atoms with Gasteiger partial charge in [-0.3, -0.25) is 19.2 Å². The standard InChI is InChI=1S/C33H39ClN8O9/c1-4-50-32(48)23(34)15-22(16-25-39-41-42-40-25)35-30(46)27(19(2)3)37-31(47)28(21-13-9-6-10-14-21)38-29(45)24(17-26(43)44)36-33(49)51-18-20-11-7-5-8-12-20/h5-15,19,22,24,27-28H,4,16-18H2,1-3H3,(H,35,46)(H,36,49)(H,37,47)(H,38,45)(H,43,44)(H,39,40,41,42)/b23-15-/t22-,24+,27+,28+/m1/s1. The molecule has 0 aliphatic rings. The fraction of sp³-hybridized carbons (Fsp3) is 0.364. The van der Waals surface area contributed by atoms with Crippen LogP contribution in [0, 0.1) is 5.92 Å². The zero-order valence-electron chi connectivity index (χ0n) is 28.0. The Bertz CT molecular complexity index is 1660. The first-order valence-electron chi connectivity index (χ1n) is 15.8. The lowest BCUT2D eigenvalue weighted by Crippen LogP contribution is -2.56. The molecule has 272 valence electrons. The number of rotatable bonds is 18. The molecule has 0 fully saturated rings. The predicted molar refractivity (Wildman–Crippen MR) is 180 cm³/mol. The molecule has 18 heteroatoms. The van der Waals surface area contributed by atoms with Crippen molar-refractivity contribution in [3.8, 4) is 0 Å². The molecule has 0 saturated carbocycles. The number of aromatic nitrogens is 4. The number of amides is 4. The minimum absolute atomic E-state index is 0.0366. The number of ether oxygens (including phenoxy) is 2. The second-order valence-electron chi connectivity index (χ2n) is 11.3. The van der Waals surface area contributed by atoms with E-state index >= 15 is 0 Å². The number of alkyl carbamates (subject to hydrolysis) is 1. The fourth-order valence-electron chi connectivity index (χ4n) is 4.59. The molecule has 3 aromatic rings. The number of hydrogen-bond donors (Lipinski definition) is 6. The summed E-state index contributed by atoms with van der Waals surface area (Å²) in [5, 5.41) is 32.8. The van der Waals surface area contributed by atoms with Gasteiger partial charge in [-0.2, -0.15) is 5.21 Å². The van der Waals surface area contributed by atoms with E-state index in [9.17, 15) is 33.9 Å². The van der Waals surface area contributed by atoms with Gasteiger partial charge >= 0.3 is 18.0 Å². The Labute approximate surface area is 297 Å². The predicted octanol–water partition coefficient (Wildman–Crippen LogP) is 1.68. The maximum atomic E-state index is 13.8. The number of carbonyl (C=O) groups excluding carboxylic acids is 5. The third kappa shape index (κ3) is 13.2. The molecule has 0 saturated heterocycles. The number of aliphatic carboxylic acids is 1. The van der Waals surface area contributed by atoms with E-state index in [0.717, 1.165) is 0 Å². The number of esters is 1. The van der Waals surface area contributed by atoms with E-state index in [2.05, 4.69) is 41.9 Å². The van der Waals surface area contributed by atoms with Crippen LogP contribution < -0.4 is 21.3 Å². The molecule has 0 bridgehead atoms. The van der Waals surface area contributed by atoms with Crippen LogP contribution in [-0.2, 0) is 46.5 Å². The van der Waals surface area contributed by atoms with E-state index in [4.69, 9.17) is 21.1 Å². The number of nitrogens with one attached hydrogen (secondary N) is 5. The molecule has 1 heterocycles. The number of carboxylic acid groups (broad SMARTS) is 1. The second-order valence-corrected chi connectivity index (χ2v) is 11.7. The second kappa shape index (κ2) is 20.0. The maximum absolute atomic E-state index is 13.8. The third-order valence-electron chi connectivity index (χ3n) is 7.07. The minimum Gasteiger partial charge on any atom is -0.481 e. The Morgan fingerprint density at radius 3 is 2.14 bits per heavy atom. The van der Waals surface area contributed by atoms with Crippen molar-refractivity contribution in [2.45, 2.75) is 64.4 Å². The van der Waals surface area contributed by atoms with E-state index < -0.39 is 72.3 Å². The molecular weight excluding hydrogens is 688 g/mol. The van der Waals surface area contributed by atoms with Crippen LogP contribution in [0.3, 0.4) is 0 Å². The molecule has 0 radical (unpaired) electrons. The minimum atomic E-state index is -1.63. The molecule has 0 unspecified atom stereocenters. The topological polar surface area (TPSA) is 244 Å². The first-order chi connectivity index (χ1) is 24.4. The number of benzene rings is 2. The number of carbonyl (C=O) groups is 6. The largest absolute Gasteiger partial charge is 0.481 e. The van der Waals surface area contributed by atoms with E-state index in [1.54, 1.807) is 81.4 Å². The van der Waals surface area contributed by atoms with Gasteiger partial charge in [-0.1, -0.05) is 91.3 Å². The molecule has 51 heavy (non-hydrogen) atoms. The van der Waals surface area contributed by atoms with Crippen molar-refractivity contribution in [1.82, 2.24) is 41.9 Å². The molecule has 1 aromatic heterocycles. The van der Waals surface area contributed by atoms with Gasteiger partial charge in [-0.25, -0.2) is 9.59 Å². The summed E-state index contributed by atoms with van der Waals surface area (Å²) >= 11 is 6.14. The quantitative estimate of drug-likeness (QED) is 0.0810. The highest BCUT2D eigenvalue weighted by Crippen LogP contribution is 2.16. The third-order valence-corrected chi connectivity index (χ3v) is 7.35. The summed E-state index contributed by atoms with van der Waals surface area (Å²) in [6.07, 6.45) is -0.660. The Kier molecular flexibility index (Phi) is 15.5. The number of aromatic amines is 1. The molecule has 17 nitrogen and oxygen atoms in total. The summed E-state index contributed by atoms with van der Waals surface area (Å²) in [7, 11) is 0. The molecule has 0 aliphatic heterocycles. The molecule has 0 spiro atoms. The Balaban J connectivity index is 1.80. The molecule has 4 atom stereocenters. The van der Waals surface area contributed by atoms with Crippen LogP contribution in [0.25, 0.3) is 0 Å². The summed E-state index contributed by atoms with van der Waals surface area (Å²) in [5.74, 6) is -5.03. The monoisotopic (exact) mass is 726 g/mol. The van der Waals surface area contributed by atoms with Gasteiger partial charge in [0.1, 0.15) is 29.8 Å². The van der Waals surface area contributed by atoms with Gasteiger partial charge < -0.3 is 35.8 Å². The highest BCUT2D eigenvalue weighted by atomic mass is 35.5. The SMILES string of the molecule is CCOC(=O)/C(Cl)=C/[C@H](Cc1nn[nH]n1)NC(=O)[C@@H](NC(=O)[C@@H](NC(=O)[C@H](CC(=O)O)NC(=O)OCc1ccccc1)c1ccccc1)C(C)C. The maximum Gasteiger partial charge on any atom is 0.408 e. The van der Waals surface area contributed by atoms with Gasteiger partial charge in [0.2, 0.25) is 17.7 Å². The molecule has 2 aromatic carbocycles. The molecule has 4 amide bonds. The first kappa shape index (κ1) is 39.6. The van der Waals surface area contributed by atoms with Gasteiger partial charge in [-0.15, -0.1) is 10.2 Å². The van der Waals surface area contributed by atoms with Crippen molar-refractivity contribution in [2.75, 3.05) is 6.61 Å². The summed E-state index contributed by atoms with van der Waals surface area (Å²) < 4.78 is 10.1. The lowest BCUT2D eigenvalue weighted by Gasteiger charge is -2.27. The highest BCUT2D eigenvalue weighted by Gasteiger charge is 2.33. The van der Waals surface area contributed by atoms with Crippen LogP contribution in [-0.4, -0.2) is 86.2 Å². The zero-order chi connectivity index (χ0) is 37.3. The number of carboxylic acids is 1. The highest BCUT2D eigenvalue weighted by molar-refractivity contribution is 6.41. The van der Waals surface area contributed by atoms with Gasteiger partial charge in [-0.05, 0) is 30.0 Å². The van der Waals surface area contributed by atoms with Gasteiger partial charge in [0.25, 0.3) is 0 Å². The van der Waals surface area contributed by atoms with Crippen LogP contribution in [0.1, 0.15) is 50.2 Å². The first-order valence-corrected chi connectivity index (χ1v) is 16.2. The molecule has 6 N–H and O–H groups in total. The molecule has 0 aliphatic carbocycles. The summed E-state index contributed by atoms with van der Waals surface area (Å²) in [6, 6.07) is 11.5. The van der Waals surface area contributed by atoms with Crippen LogP contribution >= 0.6 is 11.6 Å². The van der Waals surface area contributed by atoms with Crippen molar-refractivity contribution in [3.63, 3.8) is 0 Å². The van der Waals surface area contributed by atoms with Crippen molar-refractivity contribution < 1.29 is 43.3 Å². The van der Waals surface area contributed by atoms with Gasteiger partial charge in [0, 0.05) is 6.42 Å². The van der Waals surface area contributed by atoms with Gasteiger partial charge in [0.15, 0.2) is 5.82 Å². The Morgan fingerprint density at radius 1 is 0.882 bits per heavy atom. The van der Waals surface area contributed by atoms with Crippen molar-refractivity contribution >= 4 is 47.4 Å². The number of H-pyrrole nitrogens is 1. The van der Waals surface area contributed by atoms with E-state index in [-0.39, 0.29) is 30.5 Å². The lowest BCUT2D eigenvalue weighted by molar-refractivity contribution is -0.140. The van der Waals surface area contributed by atoms with E-state index in [1.807, 2.05) is 0 Å². The zero-order valence-corrected chi connectivity index (χ0v) is 28.8. The number of hydrogen-bond acceptors (Lipinski definition) is 11. The lowest BCUT2D eigenvalue weighted by atomic mass is 10.00. The average Bonchev–Trinajstić information content (AvgIpc) is 3.61.